The predicted molar refractivity (Wildman–Crippen MR) is 73.1 cm³/mol. The van der Waals surface area contributed by atoms with Gasteiger partial charge in [-0.1, -0.05) is 6.92 Å². The molecule has 2 heterocycles. The Hall–Kier alpha value is -1.13. The van der Waals surface area contributed by atoms with E-state index in [0.29, 0.717) is 12.5 Å². The Bertz CT molecular complexity index is 427. The molecule has 19 heavy (non-hydrogen) atoms. The van der Waals surface area contributed by atoms with Crippen molar-refractivity contribution in [3.8, 4) is 5.88 Å². The van der Waals surface area contributed by atoms with E-state index in [1.165, 1.54) is 0 Å². The molecule has 0 bridgehead atoms. The topological polar surface area (TPSA) is 40.6 Å². The van der Waals surface area contributed by atoms with E-state index in [4.69, 9.17) is 14.2 Å². The van der Waals surface area contributed by atoms with Crippen LogP contribution in [-0.4, -0.2) is 22.8 Å². The van der Waals surface area contributed by atoms with Gasteiger partial charge in [-0.3, -0.25) is 0 Å². The van der Waals surface area contributed by atoms with Crippen LogP contribution in [0, 0.1) is 0 Å². The van der Waals surface area contributed by atoms with Gasteiger partial charge in [-0.15, -0.1) is 0 Å². The maximum atomic E-state index is 6.03. The second-order valence-electron chi connectivity index (χ2n) is 5.83. The monoisotopic (exact) mass is 265 g/mol. The Balaban J connectivity index is 2.24. The van der Waals surface area contributed by atoms with Crippen molar-refractivity contribution in [1.29, 1.82) is 0 Å². The Kier molecular flexibility index (Phi) is 3.83. The summed E-state index contributed by atoms with van der Waals surface area (Å²) in [4.78, 5) is 4.27. The lowest BCUT2D eigenvalue weighted by atomic mass is 9.90. The maximum absolute atomic E-state index is 6.03. The van der Waals surface area contributed by atoms with Crippen molar-refractivity contribution in [1.82, 2.24) is 4.98 Å². The summed E-state index contributed by atoms with van der Waals surface area (Å²) in [6, 6.07) is 3.82. The molecular formula is C15H23NO3. The second-order valence-corrected chi connectivity index (χ2v) is 5.83. The minimum atomic E-state index is -0.425. The highest BCUT2D eigenvalue weighted by molar-refractivity contribution is 5.28. The lowest BCUT2D eigenvalue weighted by Crippen LogP contribution is -2.41. The fourth-order valence-corrected chi connectivity index (χ4v) is 1.87. The molecule has 4 nitrogen and oxygen atoms in total. The van der Waals surface area contributed by atoms with Crippen LogP contribution in [0.5, 0.6) is 5.88 Å². The number of rotatable bonds is 4. The van der Waals surface area contributed by atoms with E-state index in [2.05, 4.69) is 11.9 Å². The molecule has 4 heteroatoms. The fourth-order valence-electron chi connectivity index (χ4n) is 1.87. The first-order valence-corrected chi connectivity index (χ1v) is 6.81. The van der Waals surface area contributed by atoms with Gasteiger partial charge in [0, 0.05) is 6.20 Å². The highest BCUT2D eigenvalue weighted by atomic mass is 16.7. The summed E-state index contributed by atoms with van der Waals surface area (Å²) in [6.45, 7) is 10.9. The zero-order valence-corrected chi connectivity index (χ0v) is 12.4. The first-order chi connectivity index (χ1) is 8.87. The molecule has 0 N–H and O–H groups in total. The van der Waals surface area contributed by atoms with Crippen LogP contribution < -0.4 is 4.74 Å². The molecule has 0 unspecified atom stereocenters. The van der Waals surface area contributed by atoms with Gasteiger partial charge >= 0.3 is 0 Å². The molecule has 0 amide bonds. The molecule has 1 aliphatic rings. The van der Waals surface area contributed by atoms with Crippen molar-refractivity contribution < 1.29 is 14.2 Å². The number of nitrogens with zero attached hydrogens (tertiary/aromatic N) is 1. The average Bonchev–Trinajstić information content (AvgIpc) is 2.56. The quantitative estimate of drug-likeness (QED) is 0.835. The molecule has 0 spiro atoms. The predicted octanol–water partition coefficient (Wildman–Crippen LogP) is 3.47. The summed E-state index contributed by atoms with van der Waals surface area (Å²) >= 11 is 0. The second kappa shape index (κ2) is 5.10. The summed E-state index contributed by atoms with van der Waals surface area (Å²) in [5.74, 6) is 0.600. The summed E-state index contributed by atoms with van der Waals surface area (Å²) in [5, 5.41) is 0. The molecular weight excluding hydrogens is 242 g/mol. The van der Waals surface area contributed by atoms with Gasteiger partial charge in [0.15, 0.2) is 6.29 Å². The normalized spacial score (nSPS) is 21.5. The maximum Gasteiger partial charge on any atom is 0.221 e. The van der Waals surface area contributed by atoms with Gasteiger partial charge in [0.25, 0.3) is 0 Å². The van der Waals surface area contributed by atoms with E-state index < -0.39 is 6.29 Å². The Morgan fingerprint density at radius 1 is 1.21 bits per heavy atom. The van der Waals surface area contributed by atoms with Crippen LogP contribution in [-0.2, 0) is 9.47 Å². The molecule has 1 fully saturated rings. The summed E-state index contributed by atoms with van der Waals surface area (Å²) in [5.41, 5.74) is 0.153. The molecule has 106 valence electrons. The van der Waals surface area contributed by atoms with Crippen molar-refractivity contribution in [2.45, 2.75) is 58.5 Å². The van der Waals surface area contributed by atoms with Crippen molar-refractivity contribution in [3.05, 3.63) is 23.9 Å². The minimum absolute atomic E-state index is 0.352. The van der Waals surface area contributed by atoms with Crippen molar-refractivity contribution in [2.24, 2.45) is 0 Å². The Labute approximate surface area is 115 Å². The van der Waals surface area contributed by atoms with E-state index in [-0.39, 0.29) is 11.2 Å². The molecule has 0 aliphatic carbocycles. The molecule has 1 saturated heterocycles. The van der Waals surface area contributed by atoms with Crippen molar-refractivity contribution in [3.63, 3.8) is 0 Å². The zero-order valence-electron chi connectivity index (χ0n) is 12.4. The molecule has 1 aromatic rings. The number of hydrogen-bond donors (Lipinski definition) is 0. The van der Waals surface area contributed by atoms with Crippen LogP contribution in [0.3, 0.4) is 0 Å². The first kappa shape index (κ1) is 14.3. The molecule has 0 saturated carbocycles. The Morgan fingerprint density at radius 3 is 2.42 bits per heavy atom. The van der Waals surface area contributed by atoms with E-state index >= 15 is 0 Å². The third-order valence-corrected chi connectivity index (χ3v) is 3.75. The van der Waals surface area contributed by atoms with Crippen molar-refractivity contribution >= 4 is 0 Å². The van der Waals surface area contributed by atoms with Gasteiger partial charge in [-0.2, -0.15) is 0 Å². The number of ether oxygens (including phenoxy) is 3. The fraction of sp³-hybridized carbons (Fsp3) is 0.667. The largest absolute Gasteiger partial charge is 0.477 e. The van der Waals surface area contributed by atoms with Crippen LogP contribution in [0.4, 0.5) is 0 Å². The van der Waals surface area contributed by atoms with E-state index in [1.807, 2.05) is 39.8 Å². The van der Waals surface area contributed by atoms with E-state index in [0.717, 1.165) is 12.0 Å². The van der Waals surface area contributed by atoms with Gasteiger partial charge in [-0.05, 0) is 46.2 Å². The standard InChI is InChI=1S/C15H23NO3/c1-6-10-17-12-11(8-7-9-16-12)13-18-14(2,3)15(4,5)19-13/h7-9,13H,6,10H2,1-5H3. The molecule has 0 aromatic carbocycles. The van der Waals surface area contributed by atoms with Crippen LogP contribution in [0.25, 0.3) is 0 Å². The SMILES string of the molecule is CCCOc1ncccc1C1OC(C)(C)C(C)(C)O1. The highest BCUT2D eigenvalue weighted by Gasteiger charge is 2.50. The number of aromatic nitrogens is 1. The number of pyridine rings is 1. The van der Waals surface area contributed by atoms with Gasteiger partial charge in [0.05, 0.1) is 23.4 Å². The van der Waals surface area contributed by atoms with Gasteiger partial charge in [0.2, 0.25) is 5.88 Å². The van der Waals surface area contributed by atoms with Gasteiger partial charge in [-0.25, -0.2) is 4.98 Å². The van der Waals surface area contributed by atoms with Gasteiger partial charge < -0.3 is 14.2 Å². The number of hydrogen-bond acceptors (Lipinski definition) is 4. The molecule has 2 rings (SSSR count). The summed E-state index contributed by atoms with van der Waals surface area (Å²) < 4.78 is 17.7. The average molecular weight is 265 g/mol. The van der Waals surface area contributed by atoms with Crippen LogP contribution >= 0.6 is 0 Å². The van der Waals surface area contributed by atoms with E-state index in [9.17, 15) is 0 Å². The third-order valence-electron chi connectivity index (χ3n) is 3.75. The summed E-state index contributed by atoms with van der Waals surface area (Å²) in [7, 11) is 0. The zero-order chi connectivity index (χ0) is 14.1. The molecule has 0 radical (unpaired) electrons. The van der Waals surface area contributed by atoms with Crippen LogP contribution in [0.15, 0.2) is 18.3 Å². The lowest BCUT2D eigenvalue weighted by molar-refractivity contribution is -0.0910. The molecule has 1 aromatic heterocycles. The molecule has 0 atom stereocenters. The van der Waals surface area contributed by atoms with Crippen LogP contribution in [0.1, 0.15) is 52.9 Å². The summed E-state index contributed by atoms with van der Waals surface area (Å²) in [6.07, 6.45) is 2.24. The van der Waals surface area contributed by atoms with Crippen molar-refractivity contribution in [2.75, 3.05) is 6.61 Å². The third kappa shape index (κ3) is 2.74. The van der Waals surface area contributed by atoms with Crippen LogP contribution in [0.2, 0.25) is 0 Å². The lowest BCUT2D eigenvalue weighted by Gasteiger charge is -2.30. The van der Waals surface area contributed by atoms with E-state index in [1.54, 1.807) is 6.20 Å². The smallest absolute Gasteiger partial charge is 0.221 e. The van der Waals surface area contributed by atoms with Gasteiger partial charge in [0.1, 0.15) is 0 Å². The molecule has 1 aliphatic heterocycles. The first-order valence-electron chi connectivity index (χ1n) is 6.81. The highest BCUT2D eigenvalue weighted by Crippen LogP contribution is 2.46. The Morgan fingerprint density at radius 2 is 1.84 bits per heavy atom. The minimum Gasteiger partial charge on any atom is -0.477 e.